The van der Waals surface area contributed by atoms with E-state index in [1.54, 1.807) is 0 Å². The second kappa shape index (κ2) is 6.23. The molecule has 0 unspecified atom stereocenters. The summed E-state index contributed by atoms with van der Waals surface area (Å²) in [7, 11) is 0. The number of nitrogens with one attached hydrogen (secondary N) is 1. The van der Waals surface area contributed by atoms with Crippen molar-refractivity contribution in [1.82, 2.24) is 4.98 Å². The van der Waals surface area contributed by atoms with E-state index in [-0.39, 0.29) is 6.61 Å². The molecule has 0 amide bonds. The molecule has 6 heteroatoms. The van der Waals surface area contributed by atoms with Crippen LogP contribution in [0.3, 0.4) is 0 Å². The normalized spacial score (nSPS) is 10.7. The zero-order valence-electron chi connectivity index (χ0n) is 7.92. The van der Waals surface area contributed by atoms with Gasteiger partial charge in [-0.15, -0.1) is 0 Å². The van der Waals surface area contributed by atoms with Gasteiger partial charge < -0.3 is 10.1 Å². The lowest BCUT2D eigenvalue weighted by atomic mass is 10.4. The molecule has 84 valence electrons. The van der Waals surface area contributed by atoms with Crippen LogP contribution >= 0.6 is 0 Å². The van der Waals surface area contributed by atoms with Crippen LogP contribution in [0, 0.1) is 5.82 Å². The number of halogens is 3. The average molecular weight is 220 g/mol. The first-order valence-corrected chi connectivity index (χ1v) is 4.40. The van der Waals surface area contributed by atoms with E-state index < -0.39 is 18.8 Å². The van der Waals surface area contributed by atoms with E-state index in [4.69, 9.17) is 0 Å². The molecule has 0 radical (unpaired) electrons. The van der Waals surface area contributed by atoms with Crippen molar-refractivity contribution < 1.29 is 17.9 Å². The Morgan fingerprint density at radius 1 is 1.40 bits per heavy atom. The van der Waals surface area contributed by atoms with E-state index in [9.17, 15) is 13.2 Å². The molecule has 0 aliphatic carbocycles. The van der Waals surface area contributed by atoms with Crippen LogP contribution in [0.2, 0.25) is 0 Å². The van der Waals surface area contributed by atoms with Crippen molar-refractivity contribution in [2.75, 3.05) is 25.1 Å². The summed E-state index contributed by atoms with van der Waals surface area (Å²) >= 11 is 0. The van der Waals surface area contributed by atoms with Gasteiger partial charge in [0.1, 0.15) is 18.2 Å². The van der Waals surface area contributed by atoms with Crippen LogP contribution < -0.4 is 5.32 Å². The summed E-state index contributed by atoms with van der Waals surface area (Å²) in [5.41, 5.74) is 0. The summed E-state index contributed by atoms with van der Waals surface area (Å²) < 4.78 is 40.3. The largest absolute Gasteiger partial charge is 0.374 e. The lowest BCUT2D eigenvalue weighted by Crippen LogP contribution is -2.13. The minimum Gasteiger partial charge on any atom is -0.374 e. The highest BCUT2D eigenvalue weighted by Crippen LogP contribution is 2.02. The first-order chi connectivity index (χ1) is 7.18. The molecule has 0 aliphatic rings. The van der Waals surface area contributed by atoms with Crippen LogP contribution in [-0.4, -0.2) is 31.2 Å². The van der Waals surface area contributed by atoms with Gasteiger partial charge in [-0.05, 0) is 12.1 Å². The van der Waals surface area contributed by atoms with Crippen molar-refractivity contribution in [3.63, 3.8) is 0 Å². The summed E-state index contributed by atoms with van der Waals surface area (Å²) in [5.74, 6) is 0.0616. The summed E-state index contributed by atoms with van der Waals surface area (Å²) in [4.78, 5) is 3.72. The zero-order valence-corrected chi connectivity index (χ0v) is 7.92. The number of hydrogen-bond donors (Lipinski definition) is 1. The van der Waals surface area contributed by atoms with Crippen LogP contribution in [-0.2, 0) is 4.74 Å². The summed E-state index contributed by atoms with van der Waals surface area (Å²) in [5, 5.41) is 2.80. The third-order valence-corrected chi connectivity index (χ3v) is 1.52. The fourth-order valence-electron chi connectivity index (χ4n) is 0.904. The standard InChI is InChI=1S/C9H11F3N2O/c10-7-1-2-9(14-5-7)13-3-4-15-6-8(11)12/h1-2,5,8H,3-4,6H2,(H,13,14). The summed E-state index contributed by atoms with van der Waals surface area (Å²) in [6, 6.07) is 2.72. The molecule has 0 bridgehead atoms. The van der Waals surface area contributed by atoms with E-state index in [1.807, 2.05) is 0 Å². The molecule has 1 aromatic rings. The van der Waals surface area contributed by atoms with Gasteiger partial charge in [0.05, 0.1) is 12.8 Å². The van der Waals surface area contributed by atoms with Crippen molar-refractivity contribution in [2.45, 2.75) is 6.43 Å². The molecule has 0 saturated carbocycles. The van der Waals surface area contributed by atoms with Crippen molar-refractivity contribution in [3.8, 4) is 0 Å². The van der Waals surface area contributed by atoms with Crippen molar-refractivity contribution in [1.29, 1.82) is 0 Å². The highest BCUT2D eigenvalue weighted by Gasteiger charge is 2.00. The number of anilines is 1. The molecule has 1 N–H and O–H groups in total. The second-order valence-electron chi connectivity index (χ2n) is 2.75. The van der Waals surface area contributed by atoms with E-state index in [0.29, 0.717) is 12.4 Å². The molecule has 1 aromatic heterocycles. The molecular formula is C9H11F3N2O. The number of nitrogens with zero attached hydrogens (tertiary/aromatic N) is 1. The lowest BCUT2D eigenvalue weighted by Gasteiger charge is -2.05. The molecule has 15 heavy (non-hydrogen) atoms. The number of pyridine rings is 1. The number of aromatic nitrogens is 1. The fourth-order valence-corrected chi connectivity index (χ4v) is 0.904. The van der Waals surface area contributed by atoms with E-state index in [1.165, 1.54) is 12.1 Å². The molecule has 0 saturated heterocycles. The van der Waals surface area contributed by atoms with E-state index >= 15 is 0 Å². The van der Waals surface area contributed by atoms with Gasteiger partial charge in [0, 0.05) is 6.54 Å². The molecule has 0 spiro atoms. The third kappa shape index (κ3) is 5.21. The Balaban J connectivity index is 2.12. The Bertz CT molecular complexity index is 279. The first kappa shape index (κ1) is 11.8. The topological polar surface area (TPSA) is 34.1 Å². The van der Waals surface area contributed by atoms with Crippen LogP contribution in [0.25, 0.3) is 0 Å². The summed E-state index contributed by atoms with van der Waals surface area (Å²) in [6.07, 6.45) is -1.38. The predicted molar refractivity (Wildman–Crippen MR) is 49.5 cm³/mol. The van der Waals surface area contributed by atoms with Crippen LogP contribution in [0.5, 0.6) is 0 Å². The quantitative estimate of drug-likeness (QED) is 0.743. The van der Waals surface area contributed by atoms with Crippen molar-refractivity contribution in [2.24, 2.45) is 0 Å². The van der Waals surface area contributed by atoms with Crippen LogP contribution in [0.1, 0.15) is 0 Å². The minimum absolute atomic E-state index is 0.156. The van der Waals surface area contributed by atoms with Gasteiger partial charge in [-0.2, -0.15) is 0 Å². The number of hydrogen-bond acceptors (Lipinski definition) is 3. The monoisotopic (exact) mass is 220 g/mol. The van der Waals surface area contributed by atoms with Crippen LogP contribution in [0.15, 0.2) is 18.3 Å². The maximum atomic E-state index is 12.4. The Morgan fingerprint density at radius 3 is 2.80 bits per heavy atom. The highest BCUT2D eigenvalue weighted by molar-refractivity contribution is 5.33. The molecule has 0 atom stereocenters. The first-order valence-electron chi connectivity index (χ1n) is 4.40. The highest BCUT2D eigenvalue weighted by atomic mass is 19.3. The SMILES string of the molecule is Fc1ccc(NCCOCC(F)F)nc1. The maximum absolute atomic E-state index is 12.4. The molecule has 1 heterocycles. The molecule has 3 nitrogen and oxygen atoms in total. The maximum Gasteiger partial charge on any atom is 0.261 e. The molecule has 1 rings (SSSR count). The Kier molecular flexibility index (Phi) is 4.89. The predicted octanol–water partition coefficient (Wildman–Crippen LogP) is 1.91. The third-order valence-electron chi connectivity index (χ3n) is 1.52. The van der Waals surface area contributed by atoms with E-state index in [0.717, 1.165) is 6.20 Å². The number of ether oxygens (including phenoxy) is 1. The fraction of sp³-hybridized carbons (Fsp3) is 0.444. The number of rotatable bonds is 6. The Labute approximate surface area is 85.3 Å². The van der Waals surface area contributed by atoms with Crippen molar-refractivity contribution in [3.05, 3.63) is 24.1 Å². The Hall–Kier alpha value is -1.30. The number of alkyl halides is 2. The minimum atomic E-state index is -2.45. The molecular weight excluding hydrogens is 209 g/mol. The van der Waals surface area contributed by atoms with E-state index in [2.05, 4.69) is 15.0 Å². The molecule has 0 fully saturated rings. The van der Waals surface area contributed by atoms with Gasteiger partial charge in [0.25, 0.3) is 6.43 Å². The Morgan fingerprint density at radius 2 is 2.20 bits per heavy atom. The molecule has 0 aliphatic heterocycles. The van der Waals surface area contributed by atoms with Gasteiger partial charge >= 0.3 is 0 Å². The van der Waals surface area contributed by atoms with Gasteiger partial charge in [0.15, 0.2) is 0 Å². The molecule has 0 aromatic carbocycles. The summed E-state index contributed by atoms with van der Waals surface area (Å²) in [6.45, 7) is -0.0622. The van der Waals surface area contributed by atoms with Gasteiger partial charge in [-0.1, -0.05) is 0 Å². The van der Waals surface area contributed by atoms with Gasteiger partial charge in [0.2, 0.25) is 0 Å². The smallest absolute Gasteiger partial charge is 0.261 e. The van der Waals surface area contributed by atoms with Gasteiger partial charge in [-0.3, -0.25) is 0 Å². The second-order valence-corrected chi connectivity index (χ2v) is 2.75. The van der Waals surface area contributed by atoms with Gasteiger partial charge in [-0.25, -0.2) is 18.2 Å². The average Bonchev–Trinajstić information content (AvgIpc) is 2.20. The lowest BCUT2D eigenvalue weighted by molar-refractivity contribution is 0.0215. The van der Waals surface area contributed by atoms with Crippen molar-refractivity contribution >= 4 is 5.82 Å². The van der Waals surface area contributed by atoms with Crippen LogP contribution in [0.4, 0.5) is 19.0 Å². The zero-order chi connectivity index (χ0) is 11.1.